The second-order valence-electron chi connectivity index (χ2n) is 4.88. The molecule has 1 heterocycles. The quantitative estimate of drug-likeness (QED) is 0.554. The monoisotopic (exact) mass is 244 g/mol. The number of ether oxygens (including phenoxy) is 1. The smallest absolute Gasteiger partial charge is 0.0594 e. The summed E-state index contributed by atoms with van der Waals surface area (Å²) in [4.78, 5) is 4.63. The molecule has 0 aromatic carbocycles. The van der Waals surface area contributed by atoms with Crippen LogP contribution in [-0.4, -0.2) is 75.4 Å². The lowest BCUT2D eigenvalue weighted by Gasteiger charge is -2.29. The molecule has 1 aliphatic rings. The maximum Gasteiger partial charge on any atom is 0.0594 e. The van der Waals surface area contributed by atoms with Crippen LogP contribution in [0.25, 0.3) is 0 Å². The summed E-state index contributed by atoms with van der Waals surface area (Å²) in [6.07, 6.45) is 2.25. The van der Waals surface area contributed by atoms with Gasteiger partial charge in [0.25, 0.3) is 0 Å². The van der Waals surface area contributed by atoms with Crippen molar-refractivity contribution in [3.05, 3.63) is 0 Å². The second-order valence-corrected chi connectivity index (χ2v) is 4.88. The van der Waals surface area contributed by atoms with Gasteiger partial charge in [-0.2, -0.15) is 0 Å². The van der Waals surface area contributed by atoms with E-state index in [1.807, 2.05) is 0 Å². The fourth-order valence-corrected chi connectivity index (χ4v) is 2.02. The number of rotatable bonds is 8. The number of likely N-dealkylation sites (N-methyl/N-ethyl adjacent to an activating group) is 1. The van der Waals surface area contributed by atoms with Gasteiger partial charge in [-0.25, -0.2) is 0 Å². The topological polar surface area (TPSA) is 67.8 Å². The average molecular weight is 244 g/mol. The van der Waals surface area contributed by atoms with Crippen LogP contribution in [0.5, 0.6) is 0 Å². The van der Waals surface area contributed by atoms with Crippen LogP contribution < -0.4 is 11.5 Å². The molecule has 0 saturated carbocycles. The number of hydrogen-bond donors (Lipinski definition) is 2. The number of nitrogens with two attached hydrogens (primary N) is 2. The first-order valence-corrected chi connectivity index (χ1v) is 6.66. The molecule has 0 aromatic heterocycles. The van der Waals surface area contributed by atoms with Crippen LogP contribution in [0.3, 0.4) is 0 Å². The minimum atomic E-state index is 0.414. The molecule has 1 fully saturated rings. The predicted molar refractivity (Wildman–Crippen MR) is 71.0 cm³/mol. The van der Waals surface area contributed by atoms with E-state index in [0.717, 1.165) is 58.8 Å². The van der Waals surface area contributed by atoms with Crippen molar-refractivity contribution in [2.45, 2.75) is 18.9 Å². The van der Waals surface area contributed by atoms with E-state index in [1.165, 1.54) is 0 Å². The third-order valence-corrected chi connectivity index (χ3v) is 3.31. The van der Waals surface area contributed by atoms with E-state index < -0.39 is 0 Å². The molecule has 0 atom stereocenters. The van der Waals surface area contributed by atoms with Crippen molar-refractivity contribution in [3.63, 3.8) is 0 Å². The summed E-state index contributed by atoms with van der Waals surface area (Å²) in [6, 6.07) is 0.414. The molecule has 0 radical (unpaired) electrons. The summed E-state index contributed by atoms with van der Waals surface area (Å²) < 4.78 is 5.62. The van der Waals surface area contributed by atoms with E-state index in [0.29, 0.717) is 12.6 Å². The maximum atomic E-state index is 5.86. The summed E-state index contributed by atoms with van der Waals surface area (Å²) >= 11 is 0. The SMILES string of the molecule is CN(CCN)CCOCCN1CCC(N)CC1. The van der Waals surface area contributed by atoms with Crippen molar-refractivity contribution < 1.29 is 4.74 Å². The van der Waals surface area contributed by atoms with Crippen LogP contribution in [0.1, 0.15) is 12.8 Å². The molecule has 102 valence electrons. The molecule has 4 N–H and O–H groups in total. The first kappa shape index (κ1) is 14.9. The summed E-state index contributed by atoms with van der Waals surface area (Å²) in [6.45, 7) is 7.51. The lowest BCUT2D eigenvalue weighted by molar-refractivity contribution is 0.0816. The number of likely N-dealkylation sites (tertiary alicyclic amines) is 1. The van der Waals surface area contributed by atoms with Crippen LogP contribution in [0.15, 0.2) is 0 Å². The standard InChI is InChI=1S/C12H28N4O/c1-15(7-4-13)8-10-17-11-9-16-5-2-12(14)3-6-16/h12H,2-11,13-14H2,1H3. The molecule has 0 aromatic rings. The minimum Gasteiger partial charge on any atom is -0.379 e. The highest BCUT2D eigenvalue weighted by molar-refractivity contribution is 4.73. The Labute approximate surface area is 105 Å². The molecule has 5 nitrogen and oxygen atoms in total. The zero-order valence-electron chi connectivity index (χ0n) is 11.1. The van der Waals surface area contributed by atoms with E-state index >= 15 is 0 Å². The van der Waals surface area contributed by atoms with E-state index in [9.17, 15) is 0 Å². The zero-order chi connectivity index (χ0) is 12.5. The van der Waals surface area contributed by atoms with Gasteiger partial charge in [-0.3, -0.25) is 0 Å². The van der Waals surface area contributed by atoms with Crippen molar-refractivity contribution >= 4 is 0 Å². The Kier molecular flexibility index (Phi) is 7.72. The predicted octanol–water partition coefficient (Wildman–Crippen LogP) is -0.683. The Hall–Kier alpha value is -0.200. The highest BCUT2D eigenvalue weighted by Gasteiger charge is 2.15. The highest BCUT2D eigenvalue weighted by atomic mass is 16.5. The van der Waals surface area contributed by atoms with Gasteiger partial charge in [0.05, 0.1) is 13.2 Å². The third-order valence-electron chi connectivity index (χ3n) is 3.31. The Morgan fingerprint density at radius 3 is 2.59 bits per heavy atom. The Morgan fingerprint density at radius 1 is 1.24 bits per heavy atom. The van der Waals surface area contributed by atoms with Crippen molar-refractivity contribution in [1.82, 2.24) is 9.80 Å². The molecule has 0 unspecified atom stereocenters. The fourth-order valence-electron chi connectivity index (χ4n) is 2.02. The fraction of sp³-hybridized carbons (Fsp3) is 1.00. The minimum absolute atomic E-state index is 0.414. The second kappa shape index (κ2) is 8.83. The molecule has 0 aliphatic carbocycles. The lowest BCUT2D eigenvalue weighted by Crippen LogP contribution is -2.41. The Balaban J connectivity index is 1.90. The van der Waals surface area contributed by atoms with Crippen LogP contribution in [0.2, 0.25) is 0 Å². The summed E-state index contributed by atoms with van der Waals surface area (Å²) in [5.74, 6) is 0. The molecule has 5 heteroatoms. The van der Waals surface area contributed by atoms with E-state index in [2.05, 4.69) is 16.8 Å². The van der Waals surface area contributed by atoms with Gasteiger partial charge in [0.15, 0.2) is 0 Å². The molecule has 1 rings (SSSR count). The van der Waals surface area contributed by atoms with Crippen LogP contribution in [0, 0.1) is 0 Å². The number of piperidine rings is 1. The van der Waals surface area contributed by atoms with E-state index in [4.69, 9.17) is 16.2 Å². The Bertz CT molecular complexity index is 183. The average Bonchev–Trinajstić information content (AvgIpc) is 2.31. The molecule has 1 saturated heterocycles. The van der Waals surface area contributed by atoms with Gasteiger partial charge >= 0.3 is 0 Å². The first-order valence-electron chi connectivity index (χ1n) is 6.66. The largest absolute Gasteiger partial charge is 0.379 e. The van der Waals surface area contributed by atoms with Gasteiger partial charge in [0.2, 0.25) is 0 Å². The van der Waals surface area contributed by atoms with Crippen molar-refractivity contribution in [1.29, 1.82) is 0 Å². The molecule has 17 heavy (non-hydrogen) atoms. The summed E-state index contributed by atoms with van der Waals surface area (Å²) in [5, 5.41) is 0. The van der Waals surface area contributed by atoms with Crippen molar-refractivity contribution in [2.24, 2.45) is 11.5 Å². The lowest BCUT2D eigenvalue weighted by atomic mass is 10.1. The van der Waals surface area contributed by atoms with Crippen molar-refractivity contribution in [3.8, 4) is 0 Å². The molecule has 0 spiro atoms. The van der Waals surface area contributed by atoms with Gasteiger partial charge in [0, 0.05) is 32.2 Å². The van der Waals surface area contributed by atoms with Crippen LogP contribution in [0.4, 0.5) is 0 Å². The first-order chi connectivity index (χ1) is 8.22. The van der Waals surface area contributed by atoms with Gasteiger partial charge in [-0.05, 0) is 33.0 Å². The Morgan fingerprint density at radius 2 is 1.94 bits per heavy atom. The van der Waals surface area contributed by atoms with E-state index in [-0.39, 0.29) is 0 Å². The zero-order valence-corrected chi connectivity index (χ0v) is 11.1. The number of hydrogen-bond acceptors (Lipinski definition) is 5. The van der Waals surface area contributed by atoms with Crippen molar-refractivity contribution in [2.75, 3.05) is 59.5 Å². The van der Waals surface area contributed by atoms with Crippen LogP contribution >= 0.6 is 0 Å². The van der Waals surface area contributed by atoms with E-state index in [1.54, 1.807) is 0 Å². The van der Waals surface area contributed by atoms with Gasteiger partial charge in [0.1, 0.15) is 0 Å². The van der Waals surface area contributed by atoms with Gasteiger partial charge in [-0.1, -0.05) is 0 Å². The third kappa shape index (κ3) is 6.95. The van der Waals surface area contributed by atoms with Gasteiger partial charge < -0.3 is 26.0 Å². The molecule has 1 aliphatic heterocycles. The summed E-state index contributed by atoms with van der Waals surface area (Å²) in [7, 11) is 2.07. The number of nitrogens with zero attached hydrogens (tertiary/aromatic N) is 2. The van der Waals surface area contributed by atoms with Gasteiger partial charge in [-0.15, -0.1) is 0 Å². The molecule has 0 amide bonds. The molecular weight excluding hydrogens is 216 g/mol. The molecular formula is C12H28N4O. The molecule has 0 bridgehead atoms. The maximum absolute atomic E-state index is 5.86. The highest BCUT2D eigenvalue weighted by Crippen LogP contribution is 2.07. The normalized spacial score (nSPS) is 19.1. The van der Waals surface area contributed by atoms with Crippen LogP contribution in [-0.2, 0) is 4.74 Å². The summed E-state index contributed by atoms with van der Waals surface area (Å²) in [5.41, 5.74) is 11.3.